The van der Waals surface area contributed by atoms with Crippen LogP contribution in [0.2, 0.25) is 0 Å². The van der Waals surface area contributed by atoms with Crippen LogP contribution in [0.1, 0.15) is 22.8 Å². The van der Waals surface area contributed by atoms with E-state index in [1.165, 1.54) is 0 Å². The summed E-state index contributed by atoms with van der Waals surface area (Å²) in [5.41, 5.74) is 2.59. The molecule has 1 saturated heterocycles. The molecule has 0 bridgehead atoms. The zero-order chi connectivity index (χ0) is 16.4. The zero-order valence-corrected chi connectivity index (χ0v) is 13.3. The van der Waals surface area contributed by atoms with E-state index in [1.807, 2.05) is 38.1 Å². The third-order valence-electron chi connectivity index (χ3n) is 4.16. The molecule has 6 nitrogen and oxygen atoms in total. The first-order valence-corrected chi connectivity index (χ1v) is 7.74. The highest BCUT2D eigenvalue weighted by molar-refractivity contribution is 5.94. The lowest BCUT2D eigenvalue weighted by molar-refractivity contribution is -0.0667. The summed E-state index contributed by atoms with van der Waals surface area (Å²) in [6.07, 6.45) is 3.02. The fraction of sp³-hybridized carbons (Fsp3) is 0.412. The molecule has 0 radical (unpaired) electrons. The van der Waals surface area contributed by atoms with Gasteiger partial charge in [0.15, 0.2) is 0 Å². The number of morpholine rings is 1. The number of hydrogen-bond donors (Lipinski definition) is 1. The van der Waals surface area contributed by atoms with Gasteiger partial charge in [0, 0.05) is 12.7 Å². The number of aromatic nitrogens is 2. The first-order chi connectivity index (χ1) is 11.1. The van der Waals surface area contributed by atoms with Crippen molar-refractivity contribution in [1.29, 1.82) is 0 Å². The Hall–Kier alpha value is -2.18. The number of rotatable bonds is 3. The average molecular weight is 315 g/mol. The number of aliphatic hydroxyl groups excluding tert-OH is 1. The van der Waals surface area contributed by atoms with Gasteiger partial charge in [0.1, 0.15) is 0 Å². The summed E-state index contributed by atoms with van der Waals surface area (Å²) in [5.74, 6) is -0.0842. The molecule has 1 amide bonds. The van der Waals surface area contributed by atoms with E-state index in [0.29, 0.717) is 18.7 Å². The molecule has 6 heteroatoms. The lowest BCUT2D eigenvalue weighted by Gasteiger charge is -2.37. The summed E-state index contributed by atoms with van der Waals surface area (Å²) in [6.45, 7) is 4.69. The lowest BCUT2D eigenvalue weighted by atomic mass is 10.1. The van der Waals surface area contributed by atoms with E-state index in [1.54, 1.807) is 22.0 Å². The molecular weight excluding hydrogens is 294 g/mol. The van der Waals surface area contributed by atoms with Gasteiger partial charge >= 0.3 is 0 Å². The minimum absolute atomic E-state index is 0.0212. The van der Waals surface area contributed by atoms with E-state index < -0.39 is 0 Å². The second-order valence-electron chi connectivity index (χ2n) is 5.90. The maximum atomic E-state index is 12.7. The Balaban J connectivity index is 1.82. The van der Waals surface area contributed by atoms with Crippen LogP contribution in [0.15, 0.2) is 36.7 Å². The van der Waals surface area contributed by atoms with Gasteiger partial charge in [-0.05, 0) is 25.5 Å². The molecule has 2 atom stereocenters. The molecule has 122 valence electrons. The van der Waals surface area contributed by atoms with Gasteiger partial charge in [-0.2, -0.15) is 5.10 Å². The fourth-order valence-corrected chi connectivity index (χ4v) is 2.76. The zero-order valence-electron chi connectivity index (χ0n) is 13.3. The largest absolute Gasteiger partial charge is 0.394 e. The third-order valence-corrected chi connectivity index (χ3v) is 4.16. The molecule has 1 aromatic carbocycles. The van der Waals surface area contributed by atoms with Crippen molar-refractivity contribution in [1.82, 2.24) is 14.7 Å². The first-order valence-electron chi connectivity index (χ1n) is 7.74. The van der Waals surface area contributed by atoms with Crippen molar-refractivity contribution < 1.29 is 14.6 Å². The summed E-state index contributed by atoms with van der Waals surface area (Å²) < 4.78 is 7.20. The Morgan fingerprint density at radius 2 is 2.22 bits per heavy atom. The number of benzene rings is 1. The monoisotopic (exact) mass is 315 g/mol. The molecule has 3 rings (SSSR count). The Labute approximate surface area is 135 Å². The number of hydrogen-bond acceptors (Lipinski definition) is 4. The van der Waals surface area contributed by atoms with Crippen LogP contribution in [0.3, 0.4) is 0 Å². The van der Waals surface area contributed by atoms with Gasteiger partial charge in [-0.1, -0.05) is 18.2 Å². The van der Waals surface area contributed by atoms with E-state index in [0.717, 1.165) is 11.3 Å². The highest BCUT2D eigenvalue weighted by Crippen LogP contribution is 2.17. The number of amides is 1. The molecule has 2 aromatic rings. The Bertz CT molecular complexity index is 698. The van der Waals surface area contributed by atoms with Gasteiger partial charge < -0.3 is 14.7 Å². The maximum Gasteiger partial charge on any atom is 0.257 e. The van der Waals surface area contributed by atoms with Gasteiger partial charge in [0.25, 0.3) is 5.91 Å². The predicted molar refractivity (Wildman–Crippen MR) is 85.6 cm³/mol. The topological polar surface area (TPSA) is 67.6 Å². The molecule has 2 heterocycles. The van der Waals surface area contributed by atoms with Gasteiger partial charge in [-0.3, -0.25) is 4.79 Å². The number of carbonyl (C=O) groups excluding carboxylic acids is 1. The summed E-state index contributed by atoms with van der Waals surface area (Å²) in [7, 11) is 0. The summed E-state index contributed by atoms with van der Waals surface area (Å²) in [6, 6.07) is 7.87. The number of para-hydroxylation sites is 1. The summed E-state index contributed by atoms with van der Waals surface area (Å²) in [4.78, 5) is 14.5. The molecule has 1 aliphatic heterocycles. The molecule has 1 N–H and O–H groups in total. The van der Waals surface area contributed by atoms with Crippen molar-refractivity contribution in [3.8, 4) is 5.69 Å². The summed E-state index contributed by atoms with van der Waals surface area (Å²) >= 11 is 0. The smallest absolute Gasteiger partial charge is 0.257 e. The minimum Gasteiger partial charge on any atom is -0.394 e. The van der Waals surface area contributed by atoms with E-state index in [2.05, 4.69) is 5.10 Å². The van der Waals surface area contributed by atoms with E-state index in [9.17, 15) is 9.90 Å². The second-order valence-corrected chi connectivity index (χ2v) is 5.90. The van der Waals surface area contributed by atoms with Crippen LogP contribution in [0, 0.1) is 6.92 Å². The average Bonchev–Trinajstić information content (AvgIpc) is 3.05. The van der Waals surface area contributed by atoms with Crippen molar-refractivity contribution >= 4 is 5.91 Å². The van der Waals surface area contributed by atoms with E-state index in [4.69, 9.17) is 4.74 Å². The van der Waals surface area contributed by atoms with Crippen molar-refractivity contribution in [3.63, 3.8) is 0 Å². The van der Waals surface area contributed by atoms with Gasteiger partial charge in [0.2, 0.25) is 0 Å². The Morgan fingerprint density at radius 1 is 1.43 bits per heavy atom. The predicted octanol–water partition coefficient (Wildman–Crippen LogP) is 1.40. The first kappa shape index (κ1) is 15.7. The Kier molecular flexibility index (Phi) is 4.45. The number of aliphatic hydroxyl groups is 1. The SMILES string of the molecule is Cc1ccccc1-n1cc(C(=O)N2CC(CO)OCC2C)cn1. The molecule has 1 aromatic heterocycles. The molecule has 0 spiro atoms. The molecule has 23 heavy (non-hydrogen) atoms. The van der Waals surface area contributed by atoms with Crippen molar-refractivity contribution in [3.05, 3.63) is 47.8 Å². The molecule has 1 fully saturated rings. The molecule has 0 aliphatic carbocycles. The normalized spacial score (nSPS) is 21.4. The van der Waals surface area contributed by atoms with Crippen LogP contribution in [0.4, 0.5) is 0 Å². The van der Waals surface area contributed by atoms with E-state index in [-0.39, 0.29) is 24.7 Å². The Morgan fingerprint density at radius 3 is 2.96 bits per heavy atom. The quantitative estimate of drug-likeness (QED) is 0.930. The van der Waals surface area contributed by atoms with Crippen LogP contribution < -0.4 is 0 Å². The standard InChI is InChI=1S/C17H21N3O3/c1-12-5-3-4-6-16(12)20-8-14(7-18-20)17(22)19-9-15(10-21)23-11-13(19)2/h3-8,13,15,21H,9-11H2,1-2H3. The van der Waals surface area contributed by atoms with Crippen LogP contribution >= 0.6 is 0 Å². The van der Waals surface area contributed by atoms with Gasteiger partial charge in [-0.25, -0.2) is 4.68 Å². The molecule has 2 unspecified atom stereocenters. The number of aryl methyl sites for hydroxylation is 1. The van der Waals surface area contributed by atoms with Crippen LogP contribution in [-0.2, 0) is 4.74 Å². The van der Waals surface area contributed by atoms with Crippen molar-refractivity contribution in [2.45, 2.75) is 26.0 Å². The minimum atomic E-state index is -0.318. The lowest BCUT2D eigenvalue weighted by Crippen LogP contribution is -2.51. The van der Waals surface area contributed by atoms with Gasteiger partial charge in [0.05, 0.1) is 42.8 Å². The van der Waals surface area contributed by atoms with Crippen LogP contribution in [0.5, 0.6) is 0 Å². The van der Waals surface area contributed by atoms with Crippen LogP contribution in [0.25, 0.3) is 5.69 Å². The second kappa shape index (κ2) is 6.52. The number of carbonyl (C=O) groups is 1. The molecule has 1 aliphatic rings. The number of nitrogens with zero attached hydrogens (tertiary/aromatic N) is 3. The highest BCUT2D eigenvalue weighted by Gasteiger charge is 2.30. The summed E-state index contributed by atoms with van der Waals surface area (Å²) in [5, 5.41) is 13.6. The van der Waals surface area contributed by atoms with Crippen LogP contribution in [-0.4, -0.2) is 57.6 Å². The van der Waals surface area contributed by atoms with Crippen molar-refractivity contribution in [2.75, 3.05) is 19.8 Å². The maximum absolute atomic E-state index is 12.7. The fourth-order valence-electron chi connectivity index (χ4n) is 2.76. The number of ether oxygens (including phenoxy) is 1. The molecule has 0 saturated carbocycles. The van der Waals surface area contributed by atoms with Gasteiger partial charge in [-0.15, -0.1) is 0 Å². The highest BCUT2D eigenvalue weighted by atomic mass is 16.5. The van der Waals surface area contributed by atoms with E-state index >= 15 is 0 Å². The molecular formula is C17H21N3O3. The third kappa shape index (κ3) is 3.13. The van der Waals surface area contributed by atoms with Crippen molar-refractivity contribution in [2.24, 2.45) is 0 Å².